The average molecular weight is 414 g/mol. The second-order valence-corrected chi connectivity index (χ2v) is 8.43. The predicted molar refractivity (Wildman–Crippen MR) is 120 cm³/mol. The molecule has 6 heteroatoms. The van der Waals surface area contributed by atoms with Crippen LogP contribution in [-0.2, 0) is 6.54 Å². The molecule has 6 nitrogen and oxygen atoms in total. The summed E-state index contributed by atoms with van der Waals surface area (Å²) in [4.78, 5) is 15.5. The zero-order valence-corrected chi connectivity index (χ0v) is 18.0. The van der Waals surface area contributed by atoms with Gasteiger partial charge in [-0.3, -0.25) is 9.20 Å². The number of aryl methyl sites for hydroxylation is 1. The molecule has 0 radical (unpaired) electrons. The lowest BCUT2D eigenvalue weighted by atomic mass is 9.96. The molecule has 1 aromatic carbocycles. The van der Waals surface area contributed by atoms with Crippen LogP contribution in [0.5, 0.6) is 0 Å². The Kier molecular flexibility index (Phi) is 5.06. The van der Waals surface area contributed by atoms with Gasteiger partial charge in [-0.2, -0.15) is 0 Å². The van der Waals surface area contributed by atoms with Gasteiger partial charge in [-0.05, 0) is 50.5 Å². The van der Waals surface area contributed by atoms with Crippen LogP contribution >= 0.6 is 0 Å². The number of fused-ring (bicyclic) bond motifs is 1. The molecular formula is C25H27N5O. The molecule has 4 aromatic rings. The third kappa shape index (κ3) is 3.63. The monoisotopic (exact) mass is 413 g/mol. The fraction of sp³-hybridized carbons (Fsp3) is 0.320. The largest absolute Gasteiger partial charge is 0.344 e. The van der Waals surface area contributed by atoms with Gasteiger partial charge < -0.3 is 9.47 Å². The fourth-order valence-electron chi connectivity index (χ4n) is 4.71. The zero-order valence-electron chi connectivity index (χ0n) is 18.0. The highest BCUT2D eigenvalue weighted by molar-refractivity contribution is 5.95. The van der Waals surface area contributed by atoms with Gasteiger partial charge in [-0.25, -0.2) is 0 Å². The number of rotatable bonds is 4. The van der Waals surface area contributed by atoms with Crippen molar-refractivity contribution in [3.63, 3.8) is 0 Å². The van der Waals surface area contributed by atoms with E-state index in [2.05, 4.69) is 52.9 Å². The Balaban J connectivity index is 1.38. The molecule has 31 heavy (non-hydrogen) atoms. The molecule has 0 N–H and O–H groups in total. The van der Waals surface area contributed by atoms with E-state index < -0.39 is 0 Å². The number of hydrogen-bond acceptors (Lipinski definition) is 3. The number of hydrogen-bond donors (Lipinski definition) is 0. The summed E-state index contributed by atoms with van der Waals surface area (Å²) < 4.78 is 4.28. The van der Waals surface area contributed by atoms with Crippen LogP contribution < -0.4 is 0 Å². The van der Waals surface area contributed by atoms with Gasteiger partial charge in [-0.15, -0.1) is 10.2 Å². The Morgan fingerprint density at radius 1 is 1.06 bits per heavy atom. The molecule has 4 heterocycles. The first-order valence-electron chi connectivity index (χ1n) is 10.9. The molecule has 0 saturated carbocycles. The van der Waals surface area contributed by atoms with Gasteiger partial charge in [0.2, 0.25) is 0 Å². The number of piperidine rings is 1. The molecule has 3 aromatic heterocycles. The number of aromatic nitrogens is 4. The van der Waals surface area contributed by atoms with Gasteiger partial charge >= 0.3 is 0 Å². The number of amides is 1. The lowest BCUT2D eigenvalue weighted by Gasteiger charge is -2.32. The Bertz CT molecular complexity index is 1220. The van der Waals surface area contributed by atoms with Gasteiger partial charge in [0.15, 0.2) is 5.65 Å². The molecule has 0 bridgehead atoms. The molecule has 5 rings (SSSR count). The van der Waals surface area contributed by atoms with Crippen LogP contribution in [-0.4, -0.2) is 43.1 Å². The maximum Gasteiger partial charge on any atom is 0.255 e. The maximum atomic E-state index is 13.5. The third-order valence-corrected chi connectivity index (χ3v) is 6.40. The zero-order chi connectivity index (χ0) is 21.4. The van der Waals surface area contributed by atoms with Crippen LogP contribution in [0.15, 0.2) is 60.8 Å². The van der Waals surface area contributed by atoms with Crippen LogP contribution in [0.4, 0.5) is 0 Å². The first-order chi connectivity index (χ1) is 15.1. The topological polar surface area (TPSA) is 55.4 Å². The standard InChI is InChI=1S/C25H27N5O/c1-18-15-22(19(2)30(18)16-20-9-4-3-5-10-20)25(31)28-13-8-11-21(17-28)24-27-26-23-12-6-7-14-29(23)24/h3-7,9-10,12,14-15,21H,8,11,13,16-17H2,1-2H3. The van der Waals surface area contributed by atoms with Gasteiger partial charge in [0, 0.05) is 43.1 Å². The summed E-state index contributed by atoms with van der Waals surface area (Å²) in [5.41, 5.74) is 5.04. The van der Waals surface area contributed by atoms with Crippen LogP contribution in [0.25, 0.3) is 5.65 Å². The Labute approximate surface area is 182 Å². The van der Waals surface area contributed by atoms with E-state index in [1.165, 1.54) is 5.56 Å². The van der Waals surface area contributed by atoms with Crippen LogP contribution in [0.3, 0.4) is 0 Å². The molecule has 1 amide bonds. The van der Waals surface area contributed by atoms with E-state index in [0.717, 1.165) is 54.4 Å². The third-order valence-electron chi connectivity index (χ3n) is 6.40. The molecule has 1 unspecified atom stereocenters. The summed E-state index contributed by atoms with van der Waals surface area (Å²) in [6.07, 6.45) is 4.00. The van der Waals surface area contributed by atoms with Crippen LogP contribution in [0, 0.1) is 13.8 Å². The van der Waals surface area contributed by atoms with Crippen molar-refractivity contribution in [1.29, 1.82) is 0 Å². The van der Waals surface area contributed by atoms with E-state index in [0.29, 0.717) is 6.54 Å². The highest BCUT2D eigenvalue weighted by atomic mass is 16.2. The molecule has 1 aliphatic rings. The minimum atomic E-state index is 0.117. The predicted octanol–water partition coefficient (Wildman–Crippen LogP) is 4.22. The Hall–Kier alpha value is -3.41. The van der Waals surface area contributed by atoms with Crippen molar-refractivity contribution in [3.8, 4) is 0 Å². The number of pyridine rings is 1. The normalized spacial score (nSPS) is 16.7. The minimum absolute atomic E-state index is 0.117. The average Bonchev–Trinajstić information content (AvgIpc) is 3.36. The van der Waals surface area contributed by atoms with Crippen molar-refractivity contribution in [2.75, 3.05) is 13.1 Å². The fourth-order valence-corrected chi connectivity index (χ4v) is 4.71. The van der Waals surface area contributed by atoms with Crippen molar-refractivity contribution in [3.05, 3.63) is 89.1 Å². The Morgan fingerprint density at radius 3 is 2.71 bits per heavy atom. The minimum Gasteiger partial charge on any atom is -0.344 e. The highest BCUT2D eigenvalue weighted by Crippen LogP contribution is 2.28. The van der Waals surface area contributed by atoms with E-state index in [4.69, 9.17) is 0 Å². The SMILES string of the molecule is Cc1cc(C(=O)N2CCCC(c3nnc4ccccn34)C2)c(C)n1Cc1ccccc1. The molecular weight excluding hydrogens is 386 g/mol. The summed E-state index contributed by atoms with van der Waals surface area (Å²) in [6.45, 7) is 6.37. The number of benzene rings is 1. The molecule has 1 fully saturated rings. The molecule has 1 aliphatic heterocycles. The second kappa shape index (κ2) is 8.02. The van der Waals surface area contributed by atoms with Gasteiger partial charge in [0.1, 0.15) is 5.82 Å². The van der Waals surface area contributed by atoms with E-state index in [9.17, 15) is 4.79 Å². The van der Waals surface area contributed by atoms with E-state index >= 15 is 0 Å². The number of likely N-dealkylation sites (tertiary alicyclic amines) is 1. The lowest BCUT2D eigenvalue weighted by Crippen LogP contribution is -2.39. The lowest BCUT2D eigenvalue weighted by molar-refractivity contribution is 0.0703. The highest BCUT2D eigenvalue weighted by Gasteiger charge is 2.30. The van der Waals surface area contributed by atoms with Crippen molar-refractivity contribution < 1.29 is 4.79 Å². The molecule has 158 valence electrons. The van der Waals surface area contributed by atoms with Gasteiger partial charge in [0.05, 0.1) is 5.56 Å². The Morgan fingerprint density at radius 2 is 1.87 bits per heavy atom. The van der Waals surface area contributed by atoms with Gasteiger partial charge in [0.25, 0.3) is 5.91 Å². The molecule has 1 atom stereocenters. The van der Waals surface area contributed by atoms with E-state index in [1.54, 1.807) is 0 Å². The molecule has 1 saturated heterocycles. The van der Waals surface area contributed by atoms with Crippen molar-refractivity contribution in [2.45, 2.75) is 39.2 Å². The number of carbonyl (C=O) groups is 1. The number of carbonyl (C=O) groups excluding carboxylic acids is 1. The van der Waals surface area contributed by atoms with Crippen molar-refractivity contribution in [1.82, 2.24) is 24.1 Å². The number of nitrogens with zero attached hydrogens (tertiary/aromatic N) is 5. The van der Waals surface area contributed by atoms with E-state index in [1.807, 2.05) is 45.8 Å². The summed E-state index contributed by atoms with van der Waals surface area (Å²) in [5, 5.41) is 8.74. The second-order valence-electron chi connectivity index (χ2n) is 8.43. The first kappa shape index (κ1) is 19.5. The summed E-state index contributed by atoms with van der Waals surface area (Å²) in [7, 11) is 0. The van der Waals surface area contributed by atoms with Gasteiger partial charge in [-0.1, -0.05) is 36.4 Å². The quantitative estimate of drug-likeness (QED) is 0.503. The van der Waals surface area contributed by atoms with Crippen molar-refractivity contribution in [2.24, 2.45) is 0 Å². The summed E-state index contributed by atoms with van der Waals surface area (Å²) in [6, 6.07) is 18.3. The first-order valence-corrected chi connectivity index (χ1v) is 10.9. The molecule has 0 aliphatic carbocycles. The van der Waals surface area contributed by atoms with Crippen molar-refractivity contribution >= 4 is 11.6 Å². The summed E-state index contributed by atoms with van der Waals surface area (Å²) in [5.74, 6) is 1.26. The maximum absolute atomic E-state index is 13.5. The van der Waals surface area contributed by atoms with E-state index in [-0.39, 0.29) is 11.8 Å². The van der Waals surface area contributed by atoms with Crippen LogP contribution in [0.1, 0.15) is 51.9 Å². The smallest absolute Gasteiger partial charge is 0.255 e. The summed E-state index contributed by atoms with van der Waals surface area (Å²) >= 11 is 0. The molecule has 0 spiro atoms. The van der Waals surface area contributed by atoms with Crippen LogP contribution in [0.2, 0.25) is 0 Å².